The van der Waals surface area contributed by atoms with E-state index in [0.717, 1.165) is 39.1 Å². The van der Waals surface area contributed by atoms with Gasteiger partial charge in [0.05, 0.1) is 0 Å². The van der Waals surface area contributed by atoms with Gasteiger partial charge in [0.2, 0.25) is 5.91 Å². The van der Waals surface area contributed by atoms with Crippen molar-refractivity contribution in [3.8, 4) is 0 Å². The Bertz CT molecular complexity index is 421. The molecule has 4 heteroatoms. The number of piperazine rings is 1. The lowest BCUT2D eigenvalue weighted by molar-refractivity contribution is -0.118. The van der Waals surface area contributed by atoms with Crippen molar-refractivity contribution in [2.45, 2.75) is 19.4 Å². The zero-order chi connectivity index (χ0) is 14.4. The van der Waals surface area contributed by atoms with Crippen molar-refractivity contribution >= 4 is 5.91 Å². The first-order valence-corrected chi connectivity index (χ1v) is 7.39. The zero-order valence-corrected chi connectivity index (χ0v) is 12.5. The number of nitrogens with one attached hydrogen (secondary N) is 1. The first-order valence-electron chi connectivity index (χ1n) is 7.39. The maximum absolute atomic E-state index is 10.9. The summed E-state index contributed by atoms with van der Waals surface area (Å²) in [7, 11) is 2.19. The molecule has 1 aromatic carbocycles. The highest BCUT2D eigenvalue weighted by Crippen LogP contribution is 2.24. The molecular weight excluding hydrogens is 250 g/mol. The Morgan fingerprint density at radius 3 is 2.75 bits per heavy atom. The highest BCUT2D eigenvalue weighted by molar-refractivity contribution is 5.72. The highest BCUT2D eigenvalue weighted by atomic mass is 16.1. The standard InChI is InChI=1S/C16H25N3O/c1-14(20)17-9-6-10-19-12-11-18(2)13-16(19)15-7-4-3-5-8-15/h3-5,7-8,16H,6,9-13H2,1-2H3,(H,17,20)/t16-/m0/s1. The van der Waals surface area contributed by atoms with E-state index in [1.807, 2.05) is 0 Å². The molecule has 1 saturated heterocycles. The molecule has 0 aromatic heterocycles. The highest BCUT2D eigenvalue weighted by Gasteiger charge is 2.25. The van der Waals surface area contributed by atoms with Gasteiger partial charge in [-0.3, -0.25) is 9.69 Å². The Morgan fingerprint density at radius 2 is 2.05 bits per heavy atom. The Balaban J connectivity index is 1.93. The van der Waals surface area contributed by atoms with Gasteiger partial charge in [0.25, 0.3) is 0 Å². The maximum atomic E-state index is 10.9. The largest absolute Gasteiger partial charge is 0.356 e. The van der Waals surface area contributed by atoms with Crippen molar-refractivity contribution in [2.24, 2.45) is 0 Å². The summed E-state index contributed by atoms with van der Waals surface area (Å²) in [5, 5.41) is 2.87. The van der Waals surface area contributed by atoms with Crippen molar-refractivity contribution in [3.63, 3.8) is 0 Å². The molecule has 2 rings (SSSR count). The third-order valence-electron chi connectivity index (χ3n) is 3.87. The van der Waals surface area contributed by atoms with Crippen LogP contribution >= 0.6 is 0 Å². The maximum Gasteiger partial charge on any atom is 0.216 e. The minimum atomic E-state index is 0.0583. The van der Waals surface area contributed by atoms with Crippen LogP contribution in [0.15, 0.2) is 30.3 Å². The average Bonchev–Trinajstić information content (AvgIpc) is 2.45. The summed E-state index contributed by atoms with van der Waals surface area (Å²) in [6, 6.07) is 11.2. The fourth-order valence-electron chi connectivity index (χ4n) is 2.76. The topological polar surface area (TPSA) is 35.6 Å². The molecule has 0 spiro atoms. The minimum Gasteiger partial charge on any atom is -0.356 e. The summed E-state index contributed by atoms with van der Waals surface area (Å²) in [5.41, 5.74) is 1.39. The van der Waals surface area contributed by atoms with Crippen LogP contribution in [0.2, 0.25) is 0 Å². The number of nitrogens with zero attached hydrogens (tertiary/aromatic N) is 2. The monoisotopic (exact) mass is 275 g/mol. The Kier molecular flexibility index (Phi) is 5.56. The number of amides is 1. The van der Waals surface area contributed by atoms with Crippen LogP contribution in [-0.2, 0) is 4.79 Å². The van der Waals surface area contributed by atoms with Gasteiger partial charge in [0.1, 0.15) is 0 Å². The number of hydrogen-bond donors (Lipinski definition) is 1. The molecule has 1 N–H and O–H groups in total. The lowest BCUT2D eigenvalue weighted by Gasteiger charge is -2.40. The van der Waals surface area contributed by atoms with Crippen LogP contribution in [0.25, 0.3) is 0 Å². The summed E-state index contributed by atoms with van der Waals surface area (Å²) in [5.74, 6) is 0.0583. The second-order valence-electron chi connectivity index (χ2n) is 5.56. The summed E-state index contributed by atoms with van der Waals surface area (Å²) in [6.07, 6.45) is 1.01. The normalized spacial score (nSPS) is 20.8. The molecule has 0 radical (unpaired) electrons. The second-order valence-corrected chi connectivity index (χ2v) is 5.56. The first kappa shape index (κ1) is 15.0. The first-order chi connectivity index (χ1) is 9.66. The van der Waals surface area contributed by atoms with Crippen molar-refractivity contribution in [1.82, 2.24) is 15.1 Å². The van der Waals surface area contributed by atoms with Crippen LogP contribution < -0.4 is 5.32 Å². The molecular formula is C16H25N3O. The molecule has 1 aliphatic heterocycles. The number of hydrogen-bond acceptors (Lipinski definition) is 3. The van der Waals surface area contributed by atoms with Crippen molar-refractivity contribution < 1.29 is 4.79 Å². The molecule has 0 saturated carbocycles. The second kappa shape index (κ2) is 7.41. The van der Waals surface area contributed by atoms with E-state index in [9.17, 15) is 4.79 Å². The lowest BCUT2D eigenvalue weighted by atomic mass is 10.0. The van der Waals surface area contributed by atoms with E-state index in [4.69, 9.17) is 0 Å². The third kappa shape index (κ3) is 4.32. The van der Waals surface area contributed by atoms with E-state index >= 15 is 0 Å². The van der Waals surface area contributed by atoms with E-state index in [-0.39, 0.29) is 5.91 Å². The van der Waals surface area contributed by atoms with Gasteiger partial charge in [-0.1, -0.05) is 30.3 Å². The lowest BCUT2D eigenvalue weighted by Crippen LogP contribution is -2.47. The minimum absolute atomic E-state index is 0.0583. The predicted octanol–water partition coefficient (Wildman–Crippen LogP) is 1.50. The molecule has 0 bridgehead atoms. The molecule has 1 heterocycles. The Morgan fingerprint density at radius 1 is 1.30 bits per heavy atom. The number of benzene rings is 1. The Labute approximate surface area is 121 Å². The fraction of sp³-hybridized carbons (Fsp3) is 0.562. The van der Waals surface area contributed by atoms with Gasteiger partial charge >= 0.3 is 0 Å². The van der Waals surface area contributed by atoms with Gasteiger partial charge in [-0.05, 0) is 19.0 Å². The summed E-state index contributed by atoms with van der Waals surface area (Å²) < 4.78 is 0. The summed E-state index contributed by atoms with van der Waals surface area (Å²) in [4.78, 5) is 15.8. The van der Waals surface area contributed by atoms with Crippen LogP contribution in [0, 0.1) is 0 Å². The molecule has 20 heavy (non-hydrogen) atoms. The molecule has 110 valence electrons. The summed E-state index contributed by atoms with van der Waals surface area (Å²) in [6.45, 7) is 6.66. The molecule has 1 atom stereocenters. The summed E-state index contributed by atoms with van der Waals surface area (Å²) >= 11 is 0. The SMILES string of the molecule is CC(=O)NCCCN1CCN(C)C[C@H]1c1ccccc1. The van der Waals surface area contributed by atoms with Gasteiger partial charge in [-0.2, -0.15) is 0 Å². The number of carbonyl (C=O) groups is 1. The van der Waals surface area contributed by atoms with Crippen LogP contribution in [0.1, 0.15) is 24.9 Å². The van der Waals surface area contributed by atoms with E-state index in [1.165, 1.54) is 5.56 Å². The van der Waals surface area contributed by atoms with Crippen molar-refractivity contribution in [2.75, 3.05) is 39.8 Å². The Hall–Kier alpha value is -1.39. The van der Waals surface area contributed by atoms with Crippen molar-refractivity contribution in [3.05, 3.63) is 35.9 Å². The zero-order valence-electron chi connectivity index (χ0n) is 12.5. The predicted molar refractivity (Wildman–Crippen MR) is 81.6 cm³/mol. The molecule has 1 fully saturated rings. The fourth-order valence-corrected chi connectivity index (χ4v) is 2.76. The van der Waals surface area contributed by atoms with E-state index in [0.29, 0.717) is 6.04 Å². The van der Waals surface area contributed by atoms with E-state index < -0.39 is 0 Å². The molecule has 1 aliphatic rings. The average molecular weight is 275 g/mol. The molecule has 1 aromatic rings. The molecule has 4 nitrogen and oxygen atoms in total. The molecule has 0 unspecified atom stereocenters. The van der Waals surface area contributed by atoms with Gasteiger partial charge in [0, 0.05) is 45.7 Å². The number of likely N-dealkylation sites (N-methyl/N-ethyl adjacent to an activating group) is 1. The van der Waals surface area contributed by atoms with Crippen molar-refractivity contribution in [1.29, 1.82) is 0 Å². The third-order valence-corrected chi connectivity index (χ3v) is 3.87. The number of carbonyl (C=O) groups excluding carboxylic acids is 1. The quantitative estimate of drug-likeness (QED) is 0.827. The van der Waals surface area contributed by atoms with Crippen LogP contribution in [-0.4, -0.2) is 55.5 Å². The van der Waals surface area contributed by atoms with E-state index in [1.54, 1.807) is 6.92 Å². The van der Waals surface area contributed by atoms with Crippen LogP contribution in [0.4, 0.5) is 0 Å². The molecule has 1 amide bonds. The van der Waals surface area contributed by atoms with Gasteiger partial charge in [-0.15, -0.1) is 0 Å². The molecule has 0 aliphatic carbocycles. The van der Waals surface area contributed by atoms with Crippen LogP contribution in [0.5, 0.6) is 0 Å². The van der Waals surface area contributed by atoms with Gasteiger partial charge in [0.15, 0.2) is 0 Å². The number of rotatable bonds is 5. The van der Waals surface area contributed by atoms with Crippen LogP contribution in [0.3, 0.4) is 0 Å². The van der Waals surface area contributed by atoms with E-state index in [2.05, 4.69) is 52.5 Å². The smallest absolute Gasteiger partial charge is 0.216 e. The van der Waals surface area contributed by atoms with Gasteiger partial charge < -0.3 is 10.2 Å². The van der Waals surface area contributed by atoms with Gasteiger partial charge in [-0.25, -0.2) is 0 Å².